The zero-order valence-corrected chi connectivity index (χ0v) is 18.0. The normalized spacial score (nSPS) is 10.6. The molecule has 4 rings (SSSR count). The molecule has 0 aliphatic carbocycles. The van der Waals surface area contributed by atoms with Crippen LogP contribution in [0.1, 0.15) is 12.5 Å². The quantitative estimate of drug-likeness (QED) is 0.442. The first-order chi connectivity index (χ1) is 15.6. The monoisotopic (exact) mass is 428 g/mol. The minimum absolute atomic E-state index is 0.0653. The summed E-state index contributed by atoms with van der Waals surface area (Å²) in [5.41, 5.74) is 3.57. The van der Waals surface area contributed by atoms with Crippen LogP contribution >= 0.6 is 0 Å². The molecular weight excluding hydrogens is 404 g/mol. The van der Waals surface area contributed by atoms with E-state index in [0.717, 1.165) is 11.3 Å². The summed E-state index contributed by atoms with van der Waals surface area (Å²) in [4.78, 5) is 16.7. The molecule has 0 unspecified atom stereocenters. The minimum Gasteiger partial charge on any atom is -0.484 e. The number of rotatable bonds is 8. The molecule has 162 valence electrons. The van der Waals surface area contributed by atoms with Crippen molar-refractivity contribution >= 4 is 11.6 Å². The van der Waals surface area contributed by atoms with Crippen molar-refractivity contribution < 1.29 is 14.3 Å². The van der Waals surface area contributed by atoms with E-state index in [2.05, 4.69) is 15.4 Å². The number of hydrogen-bond acceptors (Lipinski definition) is 5. The van der Waals surface area contributed by atoms with Gasteiger partial charge in [-0.1, -0.05) is 48.0 Å². The van der Waals surface area contributed by atoms with Crippen molar-refractivity contribution in [2.45, 2.75) is 13.8 Å². The number of carbonyl (C=O) groups excluding carboxylic acids is 1. The Labute approximate surface area is 186 Å². The van der Waals surface area contributed by atoms with Gasteiger partial charge in [0.1, 0.15) is 5.75 Å². The van der Waals surface area contributed by atoms with E-state index >= 15 is 0 Å². The first kappa shape index (κ1) is 21.1. The van der Waals surface area contributed by atoms with Crippen LogP contribution in [0, 0.1) is 6.92 Å². The number of anilines is 1. The van der Waals surface area contributed by atoms with Crippen molar-refractivity contribution in [1.82, 2.24) is 14.8 Å². The SMILES string of the molecule is CCOc1nc(-c2ccc(C)cc2)n(-c2ccc(NC(=O)COc3ccccc3)cc2)n1. The van der Waals surface area contributed by atoms with Crippen LogP contribution in [0.15, 0.2) is 78.9 Å². The topological polar surface area (TPSA) is 78.3 Å². The second-order valence-electron chi connectivity index (χ2n) is 7.13. The molecule has 1 heterocycles. The van der Waals surface area contributed by atoms with Gasteiger partial charge >= 0.3 is 6.01 Å². The Morgan fingerprint density at radius 3 is 2.34 bits per heavy atom. The number of carbonyl (C=O) groups is 1. The second-order valence-corrected chi connectivity index (χ2v) is 7.13. The van der Waals surface area contributed by atoms with Gasteiger partial charge in [-0.15, -0.1) is 5.10 Å². The molecule has 0 saturated carbocycles. The molecule has 3 aromatic carbocycles. The van der Waals surface area contributed by atoms with Crippen LogP contribution in [0.3, 0.4) is 0 Å². The first-order valence-corrected chi connectivity index (χ1v) is 10.4. The van der Waals surface area contributed by atoms with Crippen LogP contribution in [0.5, 0.6) is 11.8 Å². The summed E-state index contributed by atoms with van der Waals surface area (Å²) < 4.78 is 12.7. The van der Waals surface area contributed by atoms with E-state index in [1.54, 1.807) is 4.68 Å². The summed E-state index contributed by atoms with van der Waals surface area (Å²) >= 11 is 0. The van der Waals surface area contributed by atoms with Gasteiger partial charge in [-0.25, -0.2) is 4.68 Å². The fraction of sp³-hybridized carbons (Fsp3) is 0.160. The van der Waals surface area contributed by atoms with Gasteiger partial charge in [-0.3, -0.25) is 4.79 Å². The molecule has 0 spiro atoms. The number of nitrogens with one attached hydrogen (secondary N) is 1. The van der Waals surface area contributed by atoms with Gasteiger partial charge in [0.25, 0.3) is 5.91 Å². The van der Waals surface area contributed by atoms with Crippen LogP contribution in [-0.2, 0) is 4.79 Å². The van der Waals surface area contributed by atoms with E-state index in [9.17, 15) is 4.79 Å². The maximum Gasteiger partial charge on any atom is 0.336 e. The number of aromatic nitrogens is 3. The van der Waals surface area contributed by atoms with Gasteiger partial charge in [0.15, 0.2) is 12.4 Å². The standard InChI is InChI=1S/C25H24N4O3/c1-3-31-25-27-24(19-11-9-18(2)10-12-19)29(28-25)21-15-13-20(14-16-21)26-23(30)17-32-22-7-5-4-6-8-22/h4-16H,3,17H2,1-2H3,(H,26,30). The fourth-order valence-electron chi connectivity index (χ4n) is 3.10. The van der Waals surface area contributed by atoms with E-state index in [0.29, 0.717) is 29.9 Å². The maximum absolute atomic E-state index is 12.2. The lowest BCUT2D eigenvalue weighted by Crippen LogP contribution is -2.20. The zero-order valence-electron chi connectivity index (χ0n) is 18.0. The highest BCUT2D eigenvalue weighted by molar-refractivity contribution is 5.91. The molecule has 0 saturated heterocycles. The average Bonchev–Trinajstić information content (AvgIpc) is 3.23. The van der Waals surface area contributed by atoms with Gasteiger partial charge in [-0.05, 0) is 50.2 Å². The highest BCUT2D eigenvalue weighted by Gasteiger charge is 2.15. The Hall–Kier alpha value is -4.13. The highest BCUT2D eigenvalue weighted by atomic mass is 16.5. The first-order valence-electron chi connectivity index (χ1n) is 10.4. The van der Waals surface area contributed by atoms with Crippen molar-refractivity contribution in [2.75, 3.05) is 18.5 Å². The lowest BCUT2D eigenvalue weighted by atomic mass is 10.1. The van der Waals surface area contributed by atoms with E-state index in [-0.39, 0.29) is 12.5 Å². The Bertz CT molecular complexity index is 1170. The van der Waals surface area contributed by atoms with E-state index in [4.69, 9.17) is 9.47 Å². The van der Waals surface area contributed by atoms with Gasteiger partial charge in [0.2, 0.25) is 0 Å². The predicted molar refractivity (Wildman–Crippen MR) is 123 cm³/mol. The molecule has 0 aliphatic rings. The van der Waals surface area contributed by atoms with Crippen LogP contribution in [0.25, 0.3) is 17.1 Å². The number of nitrogens with zero attached hydrogens (tertiary/aromatic N) is 3. The maximum atomic E-state index is 12.2. The molecule has 0 atom stereocenters. The molecule has 4 aromatic rings. The highest BCUT2D eigenvalue weighted by Crippen LogP contribution is 2.25. The van der Waals surface area contributed by atoms with Crippen LogP contribution in [-0.4, -0.2) is 33.9 Å². The lowest BCUT2D eigenvalue weighted by molar-refractivity contribution is -0.118. The third-order valence-electron chi connectivity index (χ3n) is 4.68. The van der Waals surface area contributed by atoms with E-state index < -0.39 is 0 Å². The summed E-state index contributed by atoms with van der Waals surface area (Å²) in [7, 11) is 0. The van der Waals surface area contributed by atoms with Crippen molar-refractivity contribution in [2.24, 2.45) is 0 Å². The zero-order chi connectivity index (χ0) is 22.3. The number of aryl methyl sites for hydroxylation is 1. The summed E-state index contributed by atoms with van der Waals surface area (Å²) in [5, 5.41) is 7.33. The van der Waals surface area contributed by atoms with Crippen molar-refractivity contribution in [3.63, 3.8) is 0 Å². The average molecular weight is 428 g/mol. The summed E-state index contributed by atoms with van der Waals surface area (Å²) in [6.07, 6.45) is 0. The number of amides is 1. The Morgan fingerprint density at radius 1 is 0.938 bits per heavy atom. The lowest BCUT2D eigenvalue weighted by Gasteiger charge is -2.09. The van der Waals surface area contributed by atoms with Crippen LogP contribution < -0.4 is 14.8 Å². The largest absolute Gasteiger partial charge is 0.484 e. The van der Waals surface area contributed by atoms with Crippen LogP contribution in [0.2, 0.25) is 0 Å². The molecule has 0 fully saturated rings. The molecule has 1 aromatic heterocycles. The van der Waals surface area contributed by atoms with E-state index in [1.165, 1.54) is 5.56 Å². The molecule has 32 heavy (non-hydrogen) atoms. The van der Waals surface area contributed by atoms with Crippen molar-refractivity contribution in [3.05, 3.63) is 84.4 Å². The van der Waals surface area contributed by atoms with Crippen LogP contribution in [0.4, 0.5) is 5.69 Å². The summed E-state index contributed by atoms with van der Waals surface area (Å²) in [6, 6.07) is 25.0. The summed E-state index contributed by atoms with van der Waals surface area (Å²) in [6.45, 7) is 4.35. The number of ether oxygens (including phenoxy) is 2. The smallest absolute Gasteiger partial charge is 0.336 e. The van der Waals surface area contributed by atoms with Gasteiger partial charge in [0, 0.05) is 11.3 Å². The number of hydrogen-bond donors (Lipinski definition) is 1. The van der Waals surface area contributed by atoms with Crippen molar-refractivity contribution in [3.8, 4) is 28.8 Å². The molecule has 7 heteroatoms. The minimum atomic E-state index is -0.235. The Morgan fingerprint density at radius 2 is 1.66 bits per heavy atom. The molecule has 0 radical (unpaired) electrons. The molecule has 1 amide bonds. The number of para-hydroxylation sites is 1. The Balaban J connectivity index is 1.49. The molecule has 7 nitrogen and oxygen atoms in total. The third-order valence-corrected chi connectivity index (χ3v) is 4.68. The Kier molecular flexibility index (Phi) is 6.46. The second kappa shape index (κ2) is 9.78. The molecule has 0 bridgehead atoms. The van der Waals surface area contributed by atoms with Gasteiger partial charge in [-0.2, -0.15) is 4.98 Å². The van der Waals surface area contributed by atoms with Gasteiger partial charge < -0.3 is 14.8 Å². The van der Waals surface area contributed by atoms with Crippen molar-refractivity contribution in [1.29, 1.82) is 0 Å². The molecule has 1 N–H and O–H groups in total. The van der Waals surface area contributed by atoms with E-state index in [1.807, 2.05) is 92.7 Å². The third kappa shape index (κ3) is 5.13. The van der Waals surface area contributed by atoms with Gasteiger partial charge in [0.05, 0.1) is 12.3 Å². The summed E-state index contributed by atoms with van der Waals surface area (Å²) in [5.74, 6) is 1.10. The number of benzene rings is 3. The predicted octanol–water partition coefficient (Wildman–Crippen LogP) is 4.66. The fourth-order valence-corrected chi connectivity index (χ4v) is 3.10. The molecule has 0 aliphatic heterocycles. The molecular formula is C25H24N4O3.